The summed E-state index contributed by atoms with van der Waals surface area (Å²) in [4.78, 5) is 17.1. The first-order chi connectivity index (χ1) is 9.86. The third-order valence-electron chi connectivity index (χ3n) is 3.98. The molecule has 0 saturated heterocycles. The molecule has 1 aliphatic carbocycles. The van der Waals surface area contributed by atoms with Crippen LogP contribution in [-0.2, 0) is 0 Å². The lowest BCUT2D eigenvalue weighted by atomic mass is 9.93. The van der Waals surface area contributed by atoms with Crippen molar-refractivity contribution in [1.29, 1.82) is 0 Å². The van der Waals surface area contributed by atoms with Gasteiger partial charge in [0.05, 0.1) is 5.52 Å². The normalized spacial score (nSPS) is 18.9. The first-order valence-corrected chi connectivity index (χ1v) is 7.44. The van der Waals surface area contributed by atoms with Gasteiger partial charge >= 0.3 is 0 Å². The molecule has 1 aromatic carbocycles. The molecule has 2 nitrogen and oxygen atoms in total. The van der Waals surface area contributed by atoms with Gasteiger partial charge in [0.15, 0.2) is 5.78 Å². The van der Waals surface area contributed by atoms with E-state index in [0.717, 1.165) is 41.3 Å². The second-order valence-electron chi connectivity index (χ2n) is 5.39. The van der Waals surface area contributed by atoms with Crippen molar-refractivity contribution in [2.45, 2.75) is 38.5 Å². The van der Waals surface area contributed by atoms with Crippen LogP contribution in [0, 0.1) is 0 Å². The Labute approximate surface area is 119 Å². The molecule has 0 spiro atoms. The van der Waals surface area contributed by atoms with Gasteiger partial charge in [-0.15, -0.1) is 0 Å². The molecule has 0 bridgehead atoms. The van der Waals surface area contributed by atoms with Gasteiger partial charge in [-0.05, 0) is 43.4 Å². The number of carbonyl (C=O) groups is 1. The Morgan fingerprint density at radius 2 is 1.85 bits per heavy atom. The summed E-state index contributed by atoms with van der Waals surface area (Å²) in [5.41, 5.74) is 2.67. The fourth-order valence-electron chi connectivity index (χ4n) is 2.86. The molecule has 1 aromatic heterocycles. The summed E-state index contributed by atoms with van der Waals surface area (Å²) < 4.78 is 0. The van der Waals surface area contributed by atoms with E-state index in [-0.39, 0.29) is 5.78 Å². The highest BCUT2D eigenvalue weighted by molar-refractivity contribution is 6.15. The molecule has 0 radical (unpaired) electrons. The number of allylic oxidation sites excluding steroid dienone is 2. The lowest BCUT2D eigenvalue weighted by Crippen LogP contribution is -2.06. The van der Waals surface area contributed by atoms with Gasteiger partial charge in [-0.1, -0.05) is 37.1 Å². The number of fused-ring (bicyclic) bond motifs is 1. The van der Waals surface area contributed by atoms with E-state index in [4.69, 9.17) is 0 Å². The Kier molecular flexibility index (Phi) is 3.91. The number of hydrogen-bond donors (Lipinski definition) is 0. The quantitative estimate of drug-likeness (QED) is 0.737. The molecule has 2 aromatic rings. The van der Waals surface area contributed by atoms with Crippen molar-refractivity contribution in [3.8, 4) is 0 Å². The Balaban J connectivity index is 1.99. The number of pyridine rings is 1. The maximum atomic E-state index is 12.8. The molecular weight excluding hydrogens is 246 g/mol. The van der Waals surface area contributed by atoms with Crippen molar-refractivity contribution in [3.05, 3.63) is 53.7 Å². The molecule has 1 heterocycles. The van der Waals surface area contributed by atoms with Gasteiger partial charge < -0.3 is 0 Å². The lowest BCUT2D eigenvalue weighted by molar-refractivity contribution is 0.103. The van der Waals surface area contributed by atoms with Gasteiger partial charge in [0.1, 0.15) is 0 Å². The van der Waals surface area contributed by atoms with Crippen molar-refractivity contribution in [3.63, 3.8) is 0 Å². The van der Waals surface area contributed by atoms with Crippen LogP contribution < -0.4 is 0 Å². The van der Waals surface area contributed by atoms with Crippen LogP contribution in [0.5, 0.6) is 0 Å². The van der Waals surface area contributed by atoms with Crippen LogP contribution in [-0.4, -0.2) is 10.8 Å². The van der Waals surface area contributed by atoms with E-state index >= 15 is 0 Å². The van der Waals surface area contributed by atoms with Crippen LogP contribution in [0.1, 0.15) is 48.9 Å². The largest absolute Gasteiger partial charge is 0.289 e. The standard InChI is InChI=1S/C18H19NO/c20-18(14-8-4-2-1-3-5-9-14)16-12-13-19-17-11-7-6-10-15(16)17/h6-8,10-13H,1-5,9H2/b14-8+. The van der Waals surface area contributed by atoms with Crippen molar-refractivity contribution >= 4 is 16.7 Å². The number of benzene rings is 1. The maximum absolute atomic E-state index is 12.8. The lowest BCUT2D eigenvalue weighted by Gasteiger charge is -2.11. The van der Waals surface area contributed by atoms with E-state index in [1.807, 2.05) is 30.3 Å². The average Bonchev–Trinajstić information content (AvgIpc) is 2.46. The molecule has 0 atom stereocenters. The van der Waals surface area contributed by atoms with E-state index < -0.39 is 0 Å². The van der Waals surface area contributed by atoms with Gasteiger partial charge in [-0.3, -0.25) is 9.78 Å². The number of Topliss-reactive ketones (excluding diaryl/α,β-unsaturated/α-hetero) is 1. The molecule has 2 heteroatoms. The SMILES string of the molecule is O=C(/C1=C/CCCCCC1)c1ccnc2ccccc12. The number of rotatable bonds is 2. The first kappa shape index (κ1) is 13.0. The van der Waals surface area contributed by atoms with Crippen LogP contribution in [0.3, 0.4) is 0 Å². The number of hydrogen-bond acceptors (Lipinski definition) is 2. The van der Waals surface area contributed by atoms with Crippen LogP contribution in [0.4, 0.5) is 0 Å². The van der Waals surface area contributed by atoms with E-state index in [2.05, 4.69) is 11.1 Å². The molecule has 1 aliphatic rings. The second-order valence-corrected chi connectivity index (χ2v) is 5.39. The Bertz CT molecular complexity index is 652. The molecule has 0 amide bonds. The summed E-state index contributed by atoms with van der Waals surface area (Å²) in [5, 5.41) is 0.961. The highest BCUT2D eigenvalue weighted by atomic mass is 16.1. The van der Waals surface area contributed by atoms with E-state index in [0.29, 0.717) is 0 Å². The molecule has 0 N–H and O–H groups in total. The van der Waals surface area contributed by atoms with Gasteiger partial charge in [-0.25, -0.2) is 0 Å². The zero-order valence-corrected chi connectivity index (χ0v) is 11.6. The predicted molar refractivity (Wildman–Crippen MR) is 81.9 cm³/mol. The molecule has 0 aliphatic heterocycles. The number of aromatic nitrogens is 1. The number of para-hydroxylation sites is 1. The van der Waals surface area contributed by atoms with Gasteiger partial charge in [0, 0.05) is 17.1 Å². The summed E-state index contributed by atoms with van der Waals surface area (Å²) in [7, 11) is 0. The van der Waals surface area contributed by atoms with Crippen LogP contribution in [0.15, 0.2) is 48.2 Å². The summed E-state index contributed by atoms with van der Waals surface area (Å²) in [6.45, 7) is 0. The number of nitrogens with zero attached hydrogens (tertiary/aromatic N) is 1. The van der Waals surface area contributed by atoms with Gasteiger partial charge in [0.25, 0.3) is 0 Å². The molecule has 20 heavy (non-hydrogen) atoms. The second kappa shape index (κ2) is 6.00. The fraction of sp³-hybridized carbons (Fsp3) is 0.333. The van der Waals surface area contributed by atoms with Crippen molar-refractivity contribution in [2.24, 2.45) is 0 Å². The Morgan fingerprint density at radius 3 is 2.80 bits per heavy atom. The minimum Gasteiger partial charge on any atom is -0.289 e. The predicted octanol–water partition coefficient (Wildman–Crippen LogP) is 4.70. The summed E-state index contributed by atoms with van der Waals surface area (Å²) in [6.07, 6.45) is 10.7. The smallest absolute Gasteiger partial charge is 0.189 e. The first-order valence-electron chi connectivity index (χ1n) is 7.44. The number of ketones is 1. The third kappa shape index (κ3) is 2.64. The van der Waals surface area contributed by atoms with Crippen molar-refractivity contribution < 1.29 is 4.79 Å². The summed E-state index contributed by atoms with van der Waals surface area (Å²) in [5.74, 6) is 0.186. The van der Waals surface area contributed by atoms with Crippen LogP contribution >= 0.6 is 0 Å². The molecule has 3 rings (SSSR count). The van der Waals surface area contributed by atoms with E-state index in [1.54, 1.807) is 6.20 Å². The monoisotopic (exact) mass is 265 g/mol. The molecule has 0 fully saturated rings. The number of carbonyl (C=O) groups excluding carboxylic acids is 1. The topological polar surface area (TPSA) is 30.0 Å². The highest BCUT2D eigenvalue weighted by Crippen LogP contribution is 2.24. The summed E-state index contributed by atoms with van der Waals surface area (Å²) in [6, 6.07) is 9.72. The molecule has 102 valence electrons. The van der Waals surface area contributed by atoms with E-state index in [1.165, 1.54) is 19.3 Å². The maximum Gasteiger partial charge on any atom is 0.189 e. The Morgan fingerprint density at radius 1 is 1.00 bits per heavy atom. The van der Waals surface area contributed by atoms with Crippen molar-refractivity contribution in [2.75, 3.05) is 0 Å². The fourth-order valence-corrected chi connectivity index (χ4v) is 2.86. The van der Waals surface area contributed by atoms with Gasteiger partial charge in [0.2, 0.25) is 0 Å². The van der Waals surface area contributed by atoms with Crippen LogP contribution in [0.25, 0.3) is 10.9 Å². The molecule has 0 saturated carbocycles. The molecule has 0 unspecified atom stereocenters. The minimum absolute atomic E-state index is 0.186. The summed E-state index contributed by atoms with van der Waals surface area (Å²) >= 11 is 0. The minimum atomic E-state index is 0.186. The molecular formula is C18H19NO. The van der Waals surface area contributed by atoms with E-state index in [9.17, 15) is 4.79 Å². The third-order valence-corrected chi connectivity index (χ3v) is 3.98. The van der Waals surface area contributed by atoms with Gasteiger partial charge in [-0.2, -0.15) is 0 Å². The zero-order chi connectivity index (χ0) is 13.8. The zero-order valence-electron chi connectivity index (χ0n) is 11.6. The Hall–Kier alpha value is -1.96. The average molecular weight is 265 g/mol. The highest BCUT2D eigenvalue weighted by Gasteiger charge is 2.15. The van der Waals surface area contributed by atoms with Crippen molar-refractivity contribution in [1.82, 2.24) is 4.98 Å². The van der Waals surface area contributed by atoms with Crippen LogP contribution in [0.2, 0.25) is 0 Å².